The predicted octanol–water partition coefficient (Wildman–Crippen LogP) is 3.98. The van der Waals surface area contributed by atoms with Crippen molar-refractivity contribution in [2.75, 3.05) is 0 Å². The molecule has 2 aromatic rings. The lowest BCUT2D eigenvalue weighted by molar-refractivity contribution is -0.154. The molecule has 122 valence electrons. The first kappa shape index (κ1) is 16.9. The standard InChI is InChI=1S/C19H22O4/c1-14(2)22-19(20)15(3)23-18-11-9-17(10-12-18)21-13-16-7-5-4-6-8-16/h4-12,14-15H,13H2,1-3H3. The topological polar surface area (TPSA) is 44.8 Å². The Labute approximate surface area is 137 Å². The molecule has 1 atom stereocenters. The Morgan fingerprint density at radius 1 is 0.913 bits per heavy atom. The molecule has 0 saturated carbocycles. The van der Waals surface area contributed by atoms with Crippen molar-refractivity contribution in [2.24, 2.45) is 0 Å². The summed E-state index contributed by atoms with van der Waals surface area (Å²) in [7, 11) is 0. The summed E-state index contributed by atoms with van der Waals surface area (Å²) < 4.78 is 16.4. The molecular weight excluding hydrogens is 292 g/mol. The average molecular weight is 314 g/mol. The van der Waals surface area contributed by atoms with Gasteiger partial charge in [0.1, 0.15) is 18.1 Å². The molecular formula is C19H22O4. The Bertz CT molecular complexity index is 605. The van der Waals surface area contributed by atoms with Gasteiger partial charge in [-0.1, -0.05) is 30.3 Å². The molecule has 4 heteroatoms. The minimum Gasteiger partial charge on any atom is -0.489 e. The van der Waals surface area contributed by atoms with E-state index < -0.39 is 6.10 Å². The largest absolute Gasteiger partial charge is 0.489 e. The first-order valence-corrected chi connectivity index (χ1v) is 7.68. The molecule has 0 heterocycles. The number of carbonyl (C=O) groups is 1. The fourth-order valence-corrected chi connectivity index (χ4v) is 1.94. The maximum Gasteiger partial charge on any atom is 0.347 e. The van der Waals surface area contributed by atoms with Crippen molar-refractivity contribution in [3.8, 4) is 11.5 Å². The highest BCUT2D eigenvalue weighted by Gasteiger charge is 2.17. The summed E-state index contributed by atoms with van der Waals surface area (Å²) >= 11 is 0. The van der Waals surface area contributed by atoms with Gasteiger partial charge in [0.2, 0.25) is 0 Å². The minimum absolute atomic E-state index is 0.151. The highest BCUT2D eigenvalue weighted by molar-refractivity contribution is 5.74. The predicted molar refractivity (Wildman–Crippen MR) is 88.5 cm³/mol. The second-order valence-corrected chi connectivity index (χ2v) is 5.49. The van der Waals surface area contributed by atoms with Crippen LogP contribution in [-0.2, 0) is 16.1 Å². The maximum absolute atomic E-state index is 11.7. The number of rotatable bonds is 7. The van der Waals surface area contributed by atoms with Gasteiger partial charge >= 0.3 is 5.97 Å². The van der Waals surface area contributed by atoms with Gasteiger partial charge in [-0.05, 0) is 50.6 Å². The molecule has 1 unspecified atom stereocenters. The van der Waals surface area contributed by atoms with Crippen LogP contribution in [0.1, 0.15) is 26.3 Å². The zero-order chi connectivity index (χ0) is 16.7. The van der Waals surface area contributed by atoms with Gasteiger partial charge in [-0.3, -0.25) is 0 Å². The van der Waals surface area contributed by atoms with Gasteiger partial charge in [0.25, 0.3) is 0 Å². The van der Waals surface area contributed by atoms with Gasteiger partial charge in [-0.2, -0.15) is 0 Å². The molecule has 0 saturated heterocycles. The lowest BCUT2D eigenvalue weighted by Crippen LogP contribution is -2.28. The number of carbonyl (C=O) groups excluding carboxylic acids is 1. The van der Waals surface area contributed by atoms with Crippen LogP contribution in [0.4, 0.5) is 0 Å². The summed E-state index contributed by atoms with van der Waals surface area (Å²) in [5, 5.41) is 0. The van der Waals surface area contributed by atoms with Crippen LogP contribution in [0.3, 0.4) is 0 Å². The van der Waals surface area contributed by atoms with Crippen LogP contribution in [-0.4, -0.2) is 18.2 Å². The first-order chi connectivity index (χ1) is 11.0. The van der Waals surface area contributed by atoms with Crippen molar-refractivity contribution in [1.82, 2.24) is 0 Å². The fraction of sp³-hybridized carbons (Fsp3) is 0.316. The molecule has 0 bridgehead atoms. The Kier molecular flexibility index (Phi) is 6.03. The number of ether oxygens (including phenoxy) is 3. The van der Waals surface area contributed by atoms with Crippen LogP contribution < -0.4 is 9.47 Å². The Balaban J connectivity index is 1.85. The normalized spacial score (nSPS) is 11.8. The van der Waals surface area contributed by atoms with E-state index >= 15 is 0 Å². The van der Waals surface area contributed by atoms with E-state index in [4.69, 9.17) is 14.2 Å². The number of benzene rings is 2. The molecule has 0 radical (unpaired) electrons. The Morgan fingerprint density at radius 2 is 1.52 bits per heavy atom. The van der Waals surface area contributed by atoms with Crippen molar-refractivity contribution < 1.29 is 19.0 Å². The lowest BCUT2D eigenvalue weighted by atomic mass is 10.2. The van der Waals surface area contributed by atoms with Gasteiger partial charge in [-0.15, -0.1) is 0 Å². The van der Waals surface area contributed by atoms with Crippen molar-refractivity contribution in [3.63, 3.8) is 0 Å². The monoisotopic (exact) mass is 314 g/mol. The SMILES string of the molecule is CC(C)OC(=O)C(C)Oc1ccc(OCc2ccccc2)cc1. The van der Waals surface area contributed by atoms with Crippen LogP contribution in [0.5, 0.6) is 11.5 Å². The number of esters is 1. The van der Waals surface area contributed by atoms with Crippen LogP contribution >= 0.6 is 0 Å². The zero-order valence-electron chi connectivity index (χ0n) is 13.7. The number of hydrogen-bond donors (Lipinski definition) is 0. The van der Waals surface area contributed by atoms with Gasteiger partial charge in [-0.25, -0.2) is 4.79 Å². The van der Waals surface area contributed by atoms with Crippen molar-refractivity contribution in [1.29, 1.82) is 0 Å². The molecule has 0 fully saturated rings. The highest BCUT2D eigenvalue weighted by atomic mass is 16.6. The average Bonchev–Trinajstić information content (AvgIpc) is 2.54. The quantitative estimate of drug-likeness (QED) is 0.725. The molecule has 0 amide bonds. The third-order valence-corrected chi connectivity index (χ3v) is 3.07. The molecule has 0 spiro atoms. The Morgan fingerprint density at radius 3 is 2.13 bits per heavy atom. The smallest absolute Gasteiger partial charge is 0.347 e. The van der Waals surface area contributed by atoms with Crippen LogP contribution in [0.25, 0.3) is 0 Å². The number of hydrogen-bond acceptors (Lipinski definition) is 4. The van der Waals surface area contributed by atoms with Crippen LogP contribution in [0.2, 0.25) is 0 Å². The molecule has 0 N–H and O–H groups in total. The third-order valence-electron chi connectivity index (χ3n) is 3.07. The van der Waals surface area contributed by atoms with E-state index in [2.05, 4.69) is 0 Å². The van der Waals surface area contributed by atoms with Crippen LogP contribution in [0.15, 0.2) is 54.6 Å². The fourth-order valence-electron chi connectivity index (χ4n) is 1.94. The highest BCUT2D eigenvalue weighted by Crippen LogP contribution is 2.20. The first-order valence-electron chi connectivity index (χ1n) is 7.68. The summed E-state index contributed by atoms with van der Waals surface area (Å²) in [5.41, 5.74) is 1.11. The molecule has 2 aromatic carbocycles. The zero-order valence-corrected chi connectivity index (χ0v) is 13.7. The molecule has 0 aliphatic heterocycles. The van der Waals surface area contributed by atoms with E-state index in [0.29, 0.717) is 12.4 Å². The van der Waals surface area contributed by atoms with Gasteiger partial charge in [0, 0.05) is 0 Å². The van der Waals surface area contributed by atoms with E-state index in [1.807, 2.05) is 56.3 Å². The van der Waals surface area contributed by atoms with Crippen molar-refractivity contribution >= 4 is 5.97 Å². The van der Waals surface area contributed by atoms with E-state index in [9.17, 15) is 4.79 Å². The second-order valence-electron chi connectivity index (χ2n) is 5.49. The molecule has 0 aliphatic carbocycles. The van der Waals surface area contributed by atoms with E-state index in [0.717, 1.165) is 11.3 Å². The molecule has 2 rings (SSSR count). The molecule has 0 aliphatic rings. The summed E-state index contributed by atoms with van der Waals surface area (Å²) in [5.74, 6) is 0.980. The lowest BCUT2D eigenvalue weighted by Gasteiger charge is -2.16. The van der Waals surface area contributed by atoms with E-state index in [1.165, 1.54) is 0 Å². The summed E-state index contributed by atoms with van der Waals surface area (Å²) in [4.78, 5) is 11.7. The molecule has 4 nitrogen and oxygen atoms in total. The third kappa shape index (κ3) is 5.66. The van der Waals surface area contributed by atoms with Gasteiger partial charge < -0.3 is 14.2 Å². The van der Waals surface area contributed by atoms with Gasteiger partial charge in [0.15, 0.2) is 6.10 Å². The Hall–Kier alpha value is -2.49. The van der Waals surface area contributed by atoms with E-state index in [1.54, 1.807) is 19.1 Å². The maximum atomic E-state index is 11.7. The molecule has 23 heavy (non-hydrogen) atoms. The molecule has 0 aromatic heterocycles. The van der Waals surface area contributed by atoms with Crippen molar-refractivity contribution in [3.05, 3.63) is 60.2 Å². The summed E-state index contributed by atoms with van der Waals surface area (Å²) in [6.07, 6.45) is -0.796. The van der Waals surface area contributed by atoms with Gasteiger partial charge in [0.05, 0.1) is 6.10 Å². The van der Waals surface area contributed by atoms with Crippen LogP contribution in [0, 0.1) is 0 Å². The summed E-state index contributed by atoms with van der Waals surface area (Å²) in [6, 6.07) is 17.1. The van der Waals surface area contributed by atoms with Crippen molar-refractivity contribution in [2.45, 2.75) is 39.6 Å². The van der Waals surface area contributed by atoms with E-state index in [-0.39, 0.29) is 12.1 Å². The minimum atomic E-state index is -0.645. The summed E-state index contributed by atoms with van der Waals surface area (Å²) in [6.45, 7) is 5.80. The second kappa shape index (κ2) is 8.22.